The second-order valence-corrected chi connectivity index (χ2v) is 12.8. The van der Waals surface area contributed by atoms with Gasteiger partial charge in [0, 0.05) is 57.1 Å². The maximum Gasteiger partial charge on any atom is 0.265 e. The van der Waals surface area contributed by atoms with Crippen LogP contribution in [-0.2, 0) is 0 Å². The molecule has 7 heteroatoms. The molecule has 10 rings (SSSR count). The van der Waals surface area contributed by atoms with Gasteiger partial charge in [-0.15, -0.1) is 0 Å². The molecular weight excluding hydrogens is 622 g/mol. The zero-order chi connectivity index (χ0) is 33.8. The fourth-order valence-corrected chi connectivity index (χ4v) is 7.98. The van der Waals surface area contributed by atoms with Gasteiger partial charge in [0.05, 0.1) is 5.69 Å². The first-order chi connectivity index (χ1) is 24.4. The SMILES string of the molecule is CN1C(=O)c2ccc3c4ccc5c6c(ccc(c7ccc(c2c37)C1=O)c64)C(=O)N(c1ccc(N(c2ccccc2)c2ccccc2)cc1)C5=O. The van der Waals surface area contributed by atoms with E-state index in [4.69, 9.17) is 0 Å². The number of hydrogen-bond donors (Lipinski definition) is 0. The molecule has 0 N–H and O–H groups in total. The first-order valence-electron chi connectivity index (χ1n) is 16.3. The maximum atomic E-state index is 14.3. The number of carbonyl (C=O) groups excluding carboxylic acids is 4. The summed E-state index contributed by atoms with van der Waals surface area (Å²) in [5.41, 5.74) is 5.19. The van der Waals surface area contributed by atoms with Crippen molar-refractivity contribution in [2.75, 3.05) is 16.8 Å². The first kappa shape index (κ1) is 28.2. The van der Waals surface area contributed by atoms with Gasteiger partial charge in [-0.05, 0) is 105 Å². The molecule has 0 saturated carbocycles. The van der Waals surface area contributed by atoms with Crippen molar-refractivity contribution >= 4 is 89.5 Å². The van der Waals surface area contributed by atoms with Crippen molar-refractivity contribution in [2.45, 2.75) is 0 Å². The summed E-state index contributed by atoms with van der Waals surface area (Å²) in [5.74, 6) is -1.45. The van der Waals surface area contributed by atoms with Crippen molar-refractivity contribution in [2.24, 2.45) is 0 Å². The Hall–Kier alpha value is -6.86. The van der Waals surface area contributed by atoms with E-state index in [1.165, 1.54) is 11.9 Å². The van der Waals surface area contributed by atoms with Gasteiger partial charge in [-0.3, -0.25) is 24.1 Å². The van der Waals surface area contributed by atoms with Gasteiger partial charge in [-0.2, -0.15) is 0 Å². The van der Waals surface area contributed by atoms with Crippen LogP contribution in [-0.4, -0.2) is 35.6 Å². The maximum absolute atomic E-state index is 14.3. The largest absolute Gasteiger partial charge is 0.311 e. The molecule has 0 aliphatic carbocycles. The minimum Gasteiger partial charge on any atom is -0.311 e. The lowest BCUT2D eigenvalue weighted by molar-refractivity contribution is 0.0650. The standard InChI is InChI=1S/C43H25N3O4/c1-44-40(47)32-20-16-28-30-18-22-34-39-35(23-19-31(37(30)39)29-17-21-33(41(44)48)38(32)36(28)29)43(50)46(42(34)49)27-14-12-26(13-15-27)45(24-8-4-2-5-9-24)25-10-6-3-7-11-25/h2-23H,1H3. The lowest BCUT2D eigenvalue weighted by atomic mass is 9.82. The van der Waals surface area contributed by atoms with E-state index in [2.05, 4.69) is 4.90 Å². The number of benzene rings is 8. The number of fused-ring (bicyclic) bond motifs is 2. The third kappa shape index (κ3) is 3.63. The number of nitrogens with zero attached hydrogens (tertiary/aromatic N) is 3. The highest BCUT2D eigenvalue weighted by Gasteiger charge is 2.36. The molecule has 8 aromatic carbocycles. The van der Waals surface area contributed by atoms with Gasteiger partial charge in [-0.1, -0.05) is 60.7 Å². The fraction of sp³-hybridized carbons (Fsp3) is 0.0233. The van der Waals surface area contributed by atoms with Crippen LogP contribution >= 0.6 is 0 Å². The Balaban J connectivity index is 1.12. The van der Waals surface area contributed by atoms with E-state index < -0.39 is 11.8 Å². The average Bonchev–Trinajstić information content (AvgIpc) is 3.16. The van der Waals surface area contributed by atoms with E-state index in [0.29, 0.717) is 38.7 Å². The lowest BCUT2D eigenvalue weighted by Crippen LogP contribution is -2.40. The molecule has 0 saturated heterocycles. The van der Waals surface area contributed by atoms with Crippen molar-refractivity contribution in [3.8, 4) is 0 Å². The number of imide groups is 2. The number of amides is 4. The van der Waals surface area contributed by atoms with Crippen molar-refractivity contribution in [1.29, 1.82) is 0 Å². The predicted octanol–water partition coefficient (Wildman–Crippen LogP) is 9.23. The smallest absolute Gasteiger partial charge is 0.265 e. The molecule has 8 aromatic rings. The number of rotatable bonds is 4. The van der Waals surface area contributed by atoms with Crippen LogP contribution < -0.4 is 9.80 Å². The number of para-hydroxylation sites is 2. The van der Waals surface area contributed by atoms with E-state index in [9.17, 15) is 19.2 Å². The Morgan fingerprint density at radius 1 is 0.380 bits per heavy atom. The van der Waals surface area contributed by atoms with Crippen LogP contribution in [0.25, 0.3) is 43.1 Å². The number of carbonyl (C=O) groups is 4. The lowest BCUT2D eigenvalue weighted by Gasteiger charge is -2.30. The van der Waals surface area contributed by atoms with Crippen LogP contribution in [0.4, 0.5) is 22.7 Å². The van der Waals surface area contributed by atoms with Gasteiger partial charge < -0.3 is 4.90 Å². The summed E-state index contributed by atoms with van der Waals surface area (Å²) in [4.78, 5) is 59.4. The highest BCUT2D eigenvalue weighted by atomic mass is 16.2. The Kier molecular flexibility index (Phi) is 5.68. The van der Waals surface area contributed by atoms with Crippen LogP contribution in [0.15, 0.2) is 133 Å². The Morgan fingerprint density at radius 2 is 0.740 bits per heavy atom. The van der Waals surface area contributed by atoms with Crippen molar-refractivity contribution in [1.82, 2.24) is 4.90 Å². The quantitative estimate of drug-likeness (QED) is 0.108. The molecule has 4 amide bonds. The second kappa shape index (κ2) is 10.1. The van der Waals surface area contributed by atoms with Crippen molar-refractivity contribution in [3.05, 3.63) is 156 Å². The molecule has 7 nitrogen and oxygen atoms in total. The molecule has 0 unspecified atom stereocenters. The number of hydrogen-bond acceptors (Lipinski definition) is 5. The van der Waals surface area contributed by atoms with E-state index >= 15 is 0 Å². The molecule has 0 aromatic heterocycles. The van der Waals surface area contributed by atoms with Gasteiger partial charge in [0.1, 0.15) is 0 Å². The molecule has 2 aliphatic rings. The summed E-state index contributed by atoms with van der Waals surface area (Å²) in [6, 6.07) is 42.3. The summed E-state index contributed by atoms with van der Waals surface area (Å²) in [7, 11) is 1.50. The van der Waals surface area contributed by atoms with Crippen LogP contribution in [0.3, 0.4) is 0 Å². The van der Waals surface area contributed by atoms with Gasteiger partial charge in [0.15, 0.2) is 0 Å². The Labute approximate surface area is 285 Å². The van der Waals surface area contributed by atoms with Crippen LogP contribution in [0.5, 0.6) is 0 Å². The molecule has 2 aliphatic heterocycles. The third-order valence-electron chi connectivity index (χ3n) is 10.2. The monoisotopic (exact) mass is 647 g/mol. The van der Waals surface area contributed by atoms with E-state index in [-0.39, 0.29) is 11.8 Å². The molecule has 236 valence electrons. The molecule has 0 radical (unpaired) electrons. The van der Waals surface area contributed by atoms with Gasteiger partial charge in [0.25, 0.3) is 23.6 Å². The summed E-state index contributed by atoms with van der Waals surface area (Å²) < 4.78 is 0. The molecule has 50 heavy (non-hydrogen) atoms. The molecule has 2 heterocycles. The Bertz CT molecular complexity index is 2630. The van der Waals surface area contributed by atoms with Gasteiger partial charge >= 0.3 is 0 Å². The second-order valence-electron chi connectivity index (χ2n) is 12.8. The van der Waals surface area contributed by atoms with Gasteiger partial charge in [0.2, 0.25) is 0 Å². The molecule has 0 bridgehead atoms. The van der Waals surface area contributed by atoms with Crippen molar-refractivity contribution < 1.29 is 19.2 Å². The molecule has 0 atom stereocenters. The van der Waals surface area contributed by atoms with Gasteiger partial charge in [-0.25, -0.2) is 4.90 Å². The average molecular weight is 648 g/mol. The van der Waals surface area contributed by atoms with Crippen LogP contribution in [0.1, 0.15) is 41.4 Å². The molecule has 0 spiro atoms. The summed E-state index contributed by atoms with van der Waals surface area (Å²) in [5, 5.41) is 6.36. The van der Waals surface area contributed by atoms with Crippen LogP contribution in [0.2, 0.25) is 0 Å². The first-order valence-corrected chi connectivity index (χ1v) is 16.3. The van der Waals surface area contributed by atoms with E-state index in [1.54, 1.807) is 24.3 Å². The highest BCUT2D eigenvalue weighted by Crippen LogP contribution is 2.46. The third-order valence-corrected chi connectivity index (χ3v) is 10.2. The normalized spacial score (nSPS) is 14.2. The van der Waals surface area contributed by atoms with Crippen LogP contribution in [0, 0.1) is 0 Å². The molecular formula is C43H25N3O4. The Morgan fingerprint density at radius 3 is 1.14 bits per heavy atom. The highest BCUT2D eigenvalue weighted by molar-refractivity contribution is 6.43. The van der Waals surface area contributed by atoms with Crippen molar-refractivity contribution in [3.63, 3.8) is 0 Å². The minimum absolute atomic E-state index is 0.334. The number of anilines is 4. The van der Waals surface area contributed by atoms with E-state index in [1.807, 2.05) is 109 Å². The fourth-order valence-electron chi connectivity index (χ4n) is 7.98. The zero-order valence-corrected chi connectivity index (χ0v) is 26.7. The predicted molar refractivity (Wildman–Crippen MR) is 196 cm³/mol. The van der Waals surface area contributed by atoms with E-state index in [0.717, 1.165) is 54.3 Å². The minimum atomic E-state index is -0.391. The summed E-state index contributed by atoms with van der Waals surface area (Å²) in [6.07, 6.45) is 0. The topological polar surface area (TPSA) is 78.0 Å². The summed E-state index contributed by atoms with van der Waals surface area (Å²) in [6.45, 7) is 0. The zero-order valence-electron chi connectivity index (χ0n) is 26.7. The molecule has 0 fully saturated rings. The summed E-state index contributed by atoms with van der Waals surface area (Å²) >= 11 is 0.